The number of benzene rings is 3. The van der Waals surface area contributed by atoms with Gasteiger partial charge in [0.1, 0.15) is 5.75 Å². The lowest BCUT2D eigenvalue weighted by atomic mass is 9.76. The lowest BCUT2D eigenvalue weighted by Gasteiger charge is -2.42. The van der Waals surface area contributed by atoms with Crippen LogP contribution in [-0.4, -0.2) is 34.0 Å². The highest BCUT2D eigenvalue weighted by Gasteiger charge is 2.44. The fraction of sp³-hybridized carbons (Fsp3) is 0.192. The van der Waals surface area contributed by atoms with Crippen LogP contribution in [0.25, 0.3) is 27.7 Å². The summed E-state index contributed by atoms with van der Waals surface area (Å²) in [5.41, 5.74) is 2.63. The number of carboxylic acids is 1. The largest absolute Gasteiger partial charge is 0.507 e. The Morgan fingerprint density at radius 3 is 2.35 bits per heavy atom. The number of halogens is 3. The Morgan fingerprint density at radius 1 is 1.09 bits per heavy atom. The van der Waals surface area contributed by atoms with E-state index >= 15 is 0 Å². The fourth-order valence-corrected chi connectivity index (χ4v) is 4.88. The summed E-state index contributed by atoms with van der Waals surface area (Å²) in [5.74, 6) is -3.10. The van der Waals surface area contributed by atoms with Crippen LogP contribution in [0.4, 0.5) is 8.78 Å². The van der Waals surface area contributed by atoms with Gasteiger partial charge in [0.05, 0.1) is 35.1 Å². The Kier molecular flexibility index (Phi) is 5.34. The molecule has 0 bridgehead atoms. The molecule has 0 unspecified atom stereocenters. The minimum absolute atomic E-state index is 0.0751. The van der Waals surface area contributed by atoms with Crippen molar-refractivity contribution in [1.82, 2.24) is 4.57 Å². The van der Waals surface area contributed by atoms with Gasteiger partial charge in [-0.25, -0.2) is 13.6 Å². The number of ether oxygens (including phenoxy) is 1. The number of nitrogens with zero attached hydrogens (tertiary/aromatic N) is 1. The second-order valence-electron chi connectivity index (χ2n) is 8.49. The average molecular weight is 484 g/mol. The van der Waals surface area contributed by atoms with Crippen LogP contribution in [0.5, 0.6) is 5.75 Å². The number of phenols is 1. The van der Waals surface area contributed by atoms with Gasteiger partial charge in [-0.1, -0.05) is 30.7 Å². The zero-order valence-electron chi connectivity index (χ0n) is 18.1. The lowest BCUT2D eigenvalue weighted by molar-refractivity contribution is -0.0644. The minimum Gasteiger partial charge on any atom is -0.507 e. The predicted molar refractivity (Wildman–Crippen MR) is 125 cm³/mol. The summed E-state index contributed by atoms with van der Waals surface area (Å²) in [6, 6.07) is 13.1. The van der Waals surface area contributed by atoms with Crippen LogP contribution in [0.3, 0.4) is 0 Å². The predicted octanol–water partition coefficient (Wildman–Crippen LogP) is 6.31. The molecule has 5 nitrogen and oxygen atoms in total. The van der Waals surface area contributed by atoms with Crippen LogP contribution in [0.15, 0.2) is 54.6 Å². The van der Waals surface area contributed by atoms with Gasteiger partial charge in [0.15, 0.2) is 11.6 Å². The number of aromatic hydroxyl groups is 1. The molecule has 2 heterocycles. The maximum Gasteiger partial charge on any atom is 0.335 e. The SMILES string of the molecule is CCC1(c2c(-c3ccc(C(=O)O)cc3)c3c(O)cc(Cl)cc3n2-c2ccc(F)c(F)c2)COC1. The van der Waals surface area contributed by atoms with Gasteiger partial charge in [-0.2, -0.15) is 0 Å². The van der Waals surface area contributed by atoms with E-state index in [1.54, 1.807) is 22.8 Å². The second-order valence-corrected chi connectivity index (χ2v) is 8.92. The Labute approximate surface area is 198 Å². The van der Waals surface area contributed by atoms with Crippen molar-refractivity contribution in [3.63, 3.8) is 0 Å². The summed E-state index contributed by atoms with van der Waals surface area (Å²) in [6.45, 7) is 2.82. The van der Waals surface area contributed by atoms with Crippen molar-refractivity contribution >= 4 is 28.5 Å². The zero-order valence-corrected chi connectivity index (χ0v) is 18.9. The van der Waals surface area contributed by atoms with E-state index in [4.69, 9.17) is 16.3 Å². The third-order valence-electron chi connectivity index (χ3n) is 6.53. The number of aromatic nitrogens is 1. The molecule has 0 saturated carbocycles. The highest BCUT2D eigenvalue weighted by molar-refractivity contribution is 6.31. The molecule has 1 aliphatic rings. The third kappa shape index (κ3) is 3.35. The summed E-state index contributed by atoms with van der Waals surface area (Å²) in [4.78, 5) is 11.4. The summed E-state index contributed by atoms with van der Waals surface area (Å²) in [6.07, 6.45) is 0.682. The quantitative estimate of drug-likeness (QED) is 0.349. The van der Waals surface area contributed by atoms with Gasteiger partial charge in [-0.05, 0) is 48.4 Å². The topological polar surface area (TPSA) is 71.7 Å². The third-order valence-corrected chi connectivity index (χ3v) is 6.75. The van der Waals surface area contributed by atoms with Crippen LogP contribution in [0, 0.1) is 11.6 Å². The van der Waals surface area contributed by atoms with Gasteiger partial charge in [0, 0.05) is 28.0 Å². The lowest BCUT2D eigenvalue weighted by Crippen LogP contribution is -2.47. The molecule has 1 aliphatic heterocycles. The van der Waals surface area contributed by atoms with Gasteiger partial charge < -0.3 is 19.5 Å². The van der Waals surface area contributed by atoms with Crippen molar-refractivity contribution in [3.8, 4) is 22.6 Å². The van der Waals surface area contributed by atoms with Crippen molar-refractivity contribution in [1.29, 1.82) is 0 Å². The van der Waals surface area contributed by atoms with Crippen molar-refractivity contribution < 1.29 is 28.5 Å². The van der Waals surface area contributed by atoms with E-state index in [-0.39, 0.29) is 16.3 Å². The van der Waals surface area contributed by atoms with E-state index < -0.39 is 23.0 Å². The van der Waals surface area contributed by atoms with Crippen LogP contribution >= 0.6 is 11.6 Å². The number of hydrogen-bond donors (Lipinski definition) is 2. The minimum atomic E-state index is -1.05. The molecule has 34 heavy (non-hydrogen) atoms. The molecule has 5 rings (SSSR count). The first kappa shape index (κ1) is 22.4. The molecule has 174 valence electrons. The maximum absolute atomic E-state index is 14.3. The maximum atomic E-state index is 14.3. The van der Waals surface area contributed by atoms with Crippen LogP contribution < -0.4 is 0 Å². The highest BCUT2D eigenvalue weighted by Crippen LogP contribution is 2.50. The fourth-order valence-electron chi connectivity index (χ4n) is 4.67. The number of fused-ring (bicyclic) bond motifs is 1. The smallest absolute Gasteiger partial charge is 0.335 e. The standard InChI is InChI=1S/C26H20ClF2NO4/c1-2-26(12-34-13-26)24-22(14-3-5-15(6-4-14)25(32)33)23-20(9-16(27)10-21(23)31)30(24)17-7-8-18(28)19(29)11-17/h3-11,31H,2,12-13H2,1H3,(H,32,33). The first-order valence-electron chi connectivity index (χ1n) is 10.7. The molecule has 4 aromatic rings. The molecule has 0 amide bonds. The number of hydrogen-bond acceptors (Lipinski definition) is 3. The molecular weight excluding hydrogens is 464 g/mol. The molecule has 1 fully saturated rings. The van der Waals surface area contributed by atoms with E-state index in [0.29, 0.717) is 47.4 Å². The Hall–Kier alpha value is -3.42. The molecule has 1 aromatic heterocycles. The molecule has 0 aliphatic carbocycles. The van der Waals surface area contributed by atoms with Gasteiger partial charge in [0.2, 0.25) is 0 Å². The van der Waals surface area contributed by atoms with E-state index in [2.05, 4.69) is 0 Å². The van der Waals surface area contributed by atoms with Crippen molar-refractivity contribution in [2.75, 3.05) is 13.2 Å². The van der Waals surface area contributed by atoms with Crippen LogP contribution in [0.2, 0.25) is 5.02 Å². The summed E-state index contributed by atoms with van der Waals surface area (Å²) in [7, 11) is 0. The molecule has 2 N–H and O–H groups in total. The first-order valence-corrected chi connectivity index (χ1v) is 11.1. The number of phenolic OH excluding ortho intramolecular Hbond substituents is 1. The number of carboxylic acid groups (broad SMARTS) is 1. The summed E-state index contributed by atoms with van der Waals surface area (Å²) >= 11 is 6.30. The molecule has 1 saturated heterocycles. The highest BCUT2D eigenvalue weighted by atomic mass is 35.5. The molecule has 0 spiro atoms. The van der Waals surface area contributed by atoms with Crippen LogP contribution in [-0.2, 0) is 10.2 Å². The van der Waals surface area contributed by atoms with E-state index in [9.17, 15) is 23.8 Å². The van der Waals surface area contributed by atoms with Crippen LogP contribution in [0.1, 0.15) is 29.4 Å². The van der Waals surface area contributed by atoms with E-state index in [1.807, 2.05) is 6.92 Å². The number of carbonyl (C=O) groups is 1. The normalized spacial score (nSPS) is 14.8. The van der Waals surface area contributed by atoms with Crippen molar-refractivity contribution in [3.05, 3.63) is 82.5 Å². The average Bonchev–Trinajstić information content (AvgIpc) is 3.11. The molecule has 8 heteroatoms. The molecule has 0 radical (unpaired) electrons. The number of aromatic carboxylic acids is 1. The van der Waals surface area contributed by atoms with E-state index in [0.717, 1.165) is 17.8 Å². The van der Waals surface area contributed by atoms with Crippen molar-refractivity contribution in [2.45, 2.75) is 18.8 Å². The Balaban J connectivity index is 1.94. The zero-order chi connectivity index (χ0) is 24.2. The molecule has 0 atom stereocenters. The molecule has 3 aromatic carbocycles. The van der Waals surface area contributed by atoms with Gasteiger partial charge >= 0.3 is 5.97 Å². The Bertz CT molecular complexity index is 1440. The van der Waals surface area contributed by atoms with Gasteiger partial charge in [0.25, 0.3) is 0 Å². The monoisotopic (exact) mass is 483 g/mol. The summed E-state index contributed by atoms with van der Waals surface area (Å²) in [5, 5.41) is 21.1. The van der Waals surface area contributed by atoms with E-state index in [1.165, 1.54) is 24.3 Å². The molecular formula is C26H20ClF2NO4. The van der Waals surface area contributed by atoms with Gasteiger partial charge in [-0.15, -0.1) is 0 Å². The Morgan fingerprint density at radius 2 is 1.79 bits per heavy atom. The number of rotatable bonds is 5. The second kappa shape index (κ2) is 8.11. The summed E-state index contributed by atoms with van der Waals surface area (Å²) < 4.78 is 35.5. The first-order chi connectivity index (χ1) is 16.3. The van der Waals surface area contributed by atoms with Gasteiger partial charge in [-0.3, -0.25) is 0 Å². The van der Waals surface area contributed by atoms with Crippen molar-refractivity contribution in [2.24, 2.45) is 0 Å².